The highest BCUT2D eigenvalue weighted by Crippen LogP contribution is 2.39. The topological polar surface area (TPSA) is 83.9 Å². The SMILES string of the molecule is CN1N=C2CN[C@@H](C(=O)CCOc3ccccn3)C[C@@]2(Cc2ccccc2)C1=O. The standard InChI is InChI=1S/C22H24N4O3/c1-26-21(28)22(13-16-7-3-2-4-8-16)14-17(24-15-19(22)25-26)18(27)10-12-29-20-9-5-6-11-23-20/h2-9,11,17,24H,10,12-15H2,1H3/t17-,22-/m1/s1. The first kappa shape index (κ1) is 19.3. The van der Waals surface area contributed by atoms with Crippen LogP contribution in [0.2, 0.25) is 0 Å². The Kier molecular flexibility index (Phi) is 5.40. The summed E-state index contributed by atoms with van der Waals surface area (Å²) in [6.07, 6.45) is 2.86. The van der Waals surface area contributed by atoms with Gasteiger partial charge in [-0.15, -0.1) is 0 Å². The molecule has 4 rings (SSSR count). The van der Waals surface area contributed by atoms with Crippen LogP contribution >= 0.6 is 0 Å². The first-order chi connectivity index (χ1) is 14.1. The van der Waals surface area contributed by atoms with Gasteiger partial charge in [0, 0.05) is 32.3 Å². The Hall–Kier alpha value is -3.06. The molecule has 1 aromatic heterocycles. The van der Waals surface area contributed by atoms with Crippen LogP contribution < -0.4 is 10.1 Å². The van der Waals surface area contributed by atoms with Crippen LogP contribution in [0.15, 0.2) is 59.8 Å². The third kappa shape index (κ3) is 3.91. The van der Waals surface area contributed by atoms with Gasteiger partial charge in [-0.2, -0.15) is 5.10 Å². The Morgan fingerprint density at radius 2 is 2.03 bits per heavy atom. The minimum Gasteiger partial charge on any atom is -0.477 e. The quantitative estimate of drug-likeness (QED) is 0.777. The lowest BCUT2D eigenvalue weighted by atomic mass is 9.69. The molecule has 3 heterocycles. The van der Waals surface area contributed by atoms with Gasteiger partial charge in [0.25, 0.3) is 5.91 Å². The van der Waals surface area contributed by atoms with E-state index < -0.39 is 11.5 Å². The third-order valence-corrected chi connectivity index (χ3v) is 5.57. The summed E-state index contributed by atoms with van der Waals surface area (Å²) in [6, 6.07) is 14.9. The van der Waals surface area contributed by atoms with E-state index in [0.717, 1.165) is 11.3 Å². The van der Waals surface area contributed by atoms with E-state index >= 15 is 0 Å². The molecule has 1 aromatic carbocycles. The second-order valence-corrected chi connectivity index (χ2v) is 7.49. The van der Waals surface area contributed by atoms with Gasteiger partial charge in [0.2, 0.25) is 5.88 Å². The first-order valence-electron chi connectivity index (χ1n) is 9.78. The van der Waals surface area contributed by atoms with Crippen molar-refractivity contribution in [3.05, 3.63) is 60.3 Å². The molecule has 0 saturated carbocycles. The Morgan fingerprint density at radius 1 is 1.24 bits per heavy atom. The molecule has 0 unspecified atom stereocenters. The van der Waals surface area contributed by atoms with Crippen LogP contribution in [0.5, 0.6) is 5.88 Å². The van der Waals surface area contributed by atoms with Crippen molar-refractivity contribution in [1.29, 1.82) is 0 Å². The Morgan fingerprint density at radius 3 is 2.79 bits per heavy atom. The van der Waals surface area contributed by atoms with E-state index in [0.29, 0.717) is 25.3 Å². The van der Waals surface area contributed by atoms with Gasteiger partial charge in [-0.25, -0.2) is 9.99 Å². The van der Waals surface area contributed by atoms with Crippen molar-refractivity contribution in [3.63, 3.8) is 0 Å². The number of amides is 1. The van der Waals surface area contributed by atoms with Crippen molar-refractivity contribution < 1.29 is 14.3 Å². The molecule has 1 N–H and O–H groups in total. The van der Waals surface area contributed by atoms with E-state index in [1.165, 1.54) is 5.01 Å². The monoisotopic (exact) mass is 392 g/mol. The average molecular weight is 392 g/mol. The minimum atomic E-state index is -0.760. The lowest BCUT2D eigenvalue weighted by Crippen LogP contribution is -2.56. The normalized spacial score (nSPS) is 23.5. The molecular formula is C22H24N4O3. The molecule has 29 heavy (non-hydrogen) atoms. The lowest BCUT2D eigenvalue weighted by molar-refractivity contribution is -0.136. The van der Waals surface area contributed by atoms with E-state index in [2.05, 4.69) is 15.4 Å². The van der Waals surface area contributed by atoms with Gasteiger partial charge in [0.15, 0.2) is 5.78 Å². The second kappa shape index (κ2) is 8.13. The number of carbonyl (C=O) groups is 2. The number of pyridine rings is 1. The number of Topliss-reactive ketones (excluding diaryl/α,β-unsaturated/α-hetero) is 1. The Balaban J connectivity index is 1.45. The number of nitrogens with one attached hydrogen (secondary N) is 1. The fourth-order valence-corrected chi connectivity index (χ4v) is 4.09. The average Bonchev–Trinajstić information content (AvgIpc) is 2.99. The van der Waals surface area contributed by atoms with E-state index in [-0.39, 0.29) is 24.7 Å². The maximum atomic E-state index is 13.1. The van der Waals surface area contributed by atoms with Gasteiger partial charge in [-0.1, -0.05) is 36.4 Å². The summed E-state index contributed by atoms with van der Waals surface area (Å²) in [4.78, 5) is 30.0. The summed E-state index contributed by atoms with van der Waals surface area (Å²) in [7, 11) is 1.68. The minimum absolute atomic E-state index is 0.0368. The summed E-state index contributed by atoms with van der Waals surface area (Å²) < 4.78 is 5.55. The third-order valence-electron chi connectivity index (χ3n) is 5.57. The van der Waals surface area contributed by atoms with Crippen LogP contribution in [0.1, 0.15) is 18.4 Å². The number of aromatic nitrogens is 1. The smallest absolute Gasteiger partial charge is 0.254 e. The number of carbonyl (C=O) groups excluding carboxylic acids is 2. The molecule has 0 radical (unpaired) electrons. The van der Waals surface area contributed by atoms with Crippen molar-refractivity contribution in [3.8, 4) is 5.88 Å². The number of hydrogen-bond donors (Lipinski definition) is 1. The van der Waals surface area contributed by atoms with Crippen LogP contribution in [-0.4, -0.2) is 53.6 Å². The Bertz CT molecular complexity index is 916. The van der Waals surface area contributed by atoms with Crippen molar-refractivity contribution in [2.24, 2.45) is 10.5 Å². The molecule has 1 saturated heterocycles. The summed E-state index contributed by atoms with van der Waals surface area (Å²) in [5, 5.41) is 9.12. The number of rotatable bonds is 7. The molecule has 150 valence electrons. The van der Waals surface area contributed by atoms with Crippen LogP contribution in [0.3, 0.4) is 0 Å². The van der Waals surface area contributed by atoms with Crippen molar-refractivity contribution in [1.82, 2.24) is 15.3 Å². The van der Waals surface area contributed by atoms with Gasteiger partial charge in [0.1, 0.15) is 0 Å². The zero-order chi connectivity index (χ0) is 20.3. The predicted octanol–water partition coefficient (Wildman–Crippen LogP) is 1.84. The molecule has 1 amide bonds. The zero-order valence-electron chi connectivity index (χ0n) is 16.4. The molecule has 1 fully saturated rings. The van der Waals surface area contributed by atoms with Crippen molar-refractivity contribution in [2.75, 3.05) is 20.2 Å². The number of piperidine rings is 1. The number of ketones is 1. The van der Waals surface area contributed by atoms with Crippen molar-refractivity contribution in [2.45, 2.75) is 25.3 Å². The van der Waals surface area contributed by atoms with E-state index in [1.807, 2.05) is 42.5 Å². The lowest BCUT2D eigenvalue weighted by Gasteiger charge is -2.37. The molecular weight excluding hydrogens is 368 g/mol. The maximum Gasteiger partial charge on any atom is 0.254 e. The highest BCUT2D eigenvalue weighted by molar-refractivity contribution is 6.14. The van der Waals surface area contributed by atoms with Crippen molar-refractivity contribution >= 4 is 17.4 Å². The molecule has 2 aliphatic heterocycles. The first-order valence-corrected chi connectivity index (χ1v) is 9.78. The highest BCUT2D eigenvalue weighted by atomic mass is 16.5. The number of benzene rings is 1. The van der Waals surface area contributed by atoms with Crippen LogP contribution in [0.25, 0.3) is 0 Å². The van der Waals surface area contributed by atoms with Crippen LogP contribution in [0.4, 0.5) is 0 Å². The molecule has 0 spiro atoms. The van der Waals surface area contributed by atoms with Gasteiger partial charge >= 0.3 is 0 Å². The molecule has 7 nitrogen and oxygen atoms in total. The number of fused-ring (bicyclic) bond motifs is 1. The van der Waals surface area contributed by atoms with E-state index in [9.17, 15) is 9.59 Å². The van der Waals surface area contributed by atoms with E-state index in [1.54, 1.807) is 19.3 Å². The largest absolute Gasteiger partial charge is 0.477 e. The zero-order valence-corrected chi connectivity index (χ0v) is 16.4. The molecule has 0 aliphatic carbocycles. The number of hydrazone groups is 1. The predicted molar refractivity (Wildman–Crippen MR) is 109 cm³/mol. The summed E-state index contributed by atoms with van der Waals surface area (Å²) in [5.74, 6) is 0.495. The number of hydrogen-bond acceptors (Lipinski definition) is 6. The van der Waals surface area contributed by atoms with Gasteiger partial charge < -0.3 is 10.1 Å². The fraction of sp³-hybridized carbons (Fsp3) is 0.364. The fourth-order valence-electron chi connectivity index (χ4n) is 4.09. The van der Waals surface area contributed by atoms with Crippen LogP contribution in [0, 0.1) is 5.41 Å². The summed E-state index contributed by atoms with van der Waals surface area (Å²) in [6.45, 7) is 0.689. The number of ether oxygens (including phenoxy) is 1. The molecule has 7 heteroatoms. The van der Waals surface area contributed by atoms with Gasteiger partial charge in [0.05, 0.1) is 23.8 Å². The van der Waals surface area contributed by atoms with Crippen LogP contribution in [-0.2, 0) is 16.0 Å². The summed E-state index contributed by atoms with van der Waals surface area (Å²) in [5.41, 5.74) is 1.11. The Labute approximate surface area is 169 Å². The highest BCUT2D eigenvalue weighted by Gasteiger charge is 2.53. The molecule has 2 atom stereocenters. The van der Waals surface area contributed by atoms with E-state index in [4.69, 9.17) is 4.74 Å². The second-order valence-electron chi connectivity index (χ2n) is 7.49. The maximum absolute atomic E-state index is 13.1. The molecule has 0 bridgehead atoms. The van der Waals surface area contributed by atoms with Gasteiger partial charge in [-0.3, -0.25) is 9.59 Å². The molecule has 2 aromatic rings. The summed E-state index contributed by atoms with van der Waals surface area (Å²) >= 11 is 0. The van der Waals surface area contributed by atoms with Gasteiger partial charge in [-0.05, 0) is 24.5 Å². The number of nitrogens with zero attached hydrogens (tertiary/aromatic N) is 3. The molecule has 2 aliphatic rings.